The van der Waals surface area contributed by atoms with Crippen molar-refractivity contribution in [3.05, 3.63) is 40.4 Å². The summed E-state index contributed by atoms with van der Waals surface area (Å²) >= 11 is 6.28. The molecule has 1 aromatic rings. The summed E-state index contributed by atoms with van der Waals surface area (Å²) in [6.07, 6.45) is 4.15. The summed E-state index contributed by atoms with van der Waals surface area (Å²) in [7, 11) is 0. The van der Waals surface area contributed by atoms with E-state index in [0.717, 1.165) is 30.1 Å². The number of fused-ring (bicyclic) bond motifs is 1. The van der Waals surface area contributed by atoms with E-state index in [1.165, 1.54) is 24.1 Å². The highest BCUT2D eigenvalue weighted by Gasteiger charge is 2.18. The van der Waals surface area contributed by atoms with Crippen molar-refractivity contribution in [2.75, 3.05) is 13.1 Å². The SMILES string of the molecule is C=Cc1cc(Cl)c2c(c1)CN(CCC)CC2. The van der Waals surface area contributed by atoms with Crippen LogP contribution in [0.4, 0.5) is 0 Å². The molecule has 1 nitrogen and oxygen atoms in total. The van der Waals surface area contributed by atoms with Crippen LogP contribution in [-0.2, 0) is 13.0 Å². The van der Waals surface area contributed by atoms with Crippen molar-refractivity contribution in [1.82, 2.24) is 4.90 Å². The van der Waals surface area contributed by atoms with Crippen LogP contribution < -0.4 is 0 Å². The van der Waals surface area contributed by atoms with Crippen LogP contribution in [0.1, 0.15) is 30.0 Å². The maximum atomic E-state index is 6.28. The lowest BCUT2D eigenvalue weighted by atomic mass is 9.97. The molecule has 1 aromatic carbocycles. The molecule has 0 bridgehead atoms. The van der Waals surface area contributed by atoms with Gasteiger partial charge in [0.15, 0.2) is 0 Å². The molecule has 1 aliphatic rings. The maximum absolute atomic E-state index is 6.28. The molecule has 0 atom stereocenters. The molecular formula is C14H18ClN. The number of halogens is 1. The topological polar surface area (TPSA) is 3.24 Å². The van der Waals surface area contributed by atoms with Gasteiger partial charge < -0.3 is 0 Å². The number of hydrogen-bond acceptors (Lipinski definition) is 1. The first kappa shape index (κ1) is 11.7. The third kappa shape index (κ3) is 2.31. The van der Waals surface area contributed by atoms with Gasteiger partial charge in [0.2, 0.25) is 0 Å². The molecule has 16 heavy (non-hydrogen) atoms. The van der Waals surface area contributed by atoms with E-state index in [4.69, 9.17) is 11.6 Å². The largest absolute Gasteiger partial charge is 0.299 e. The Morgan fingerprint density at radius 2 is 2.31 bits per heavy atom. The van der Waals surface area contributed by atoms with Gasteiger partial charge >= 0.3 is 0 Å². The Kier molecular flexibility index (Phi) is 3.67. The predicted octanol–water partition coefficient (Wildman–Crippen LogP) is 3.75. The van der Waals surface area contributed by atoms with Crippen LogP contribution in [0.3, 0.4) is 0 Å². The predicted molar refractivity (Wildman–Crippen MR) is 70.8 cm³/mol. The van der Waals surface area contributed by atoms with Gasteiger partial charge in [-0.1, -0.05) is 37.2 Å². The summed E-state index contributed by atoms with van der Waals surface area (Å²) in [4.78, 5) is 2.49. The monoisotopic (exact) mass is 235 g/mol. The third-order valence-corrected chi connectivity index (χ3v) is 3.49. The van der Waals surface area contributed by atoms with Crippen LogP contribution >= 0.6 is 11.6 Å². The van der Waals surface area contributed by atoms with Crippen LogP contribution in [0.5, 0.6) is 0 Å². The Bertz CT molecular complexity index is 398. The average molecular weight is 236 g/mol. The molecule has 0 saturated heterocycles. The Morgan fingerprint density at radius 1 is 1.50 bits per heavy atom. The molecule has 86 valence electrons. The second-order valence-electron chi connectivity index (χ2n) is 4.37. The smallest absolute Gasteiger partial charge is 0.0447 e. The zero-order valence-corrected chi connectivity index (χ0v) is 10.6. The summed E-state index contributed by atoms with van der Waals surface area (Å²) in [5.41, 5.74) is 3.84. The van der Waals surface area contributed by atoms with Crippen molar-refractivity contribution in [2.45, 2.75) is 26.3 Å². The van der Waals surface area contributed by atoms with Gasteiger partial charge in [-0.25, -0.2) is 0 Å². The van der Waals surface area contributed by atoms with Crippen LogP contribution in [0.2, 0.25) is 5.02 Å². The van der Waals surface area contributed by atoms with E-state index >= 15 is 0 Å². The first-order chi connectivity index (χ1) is 7.74. The number of benzene rings is 1. The molecule has 0 spiro atoms. The Morgan fingerprint density at radius 3 is 3.00 bits per heavy atom. The van der Waals surface area contributed by atoms with Crippen molar-refractivity contribution in [1.29, 1.82) is 0 Å². The molecule has 0 unspecified atom stereocenters. The summed E-state index contributed by atoms with van der Waals surface area (Å²) in [5.74, 6) is 0. The summed E-state index contributed by atoms with van der Waals surface area (Å²) < 4.78 is 0. The molecule has 0 radical (unpaired) electrons. The number of rotatable bonds is 3. The van der Waals surface area contributed by atoms with Crippen molar-refractivity contribution < 1.29 is 0 Å². The molecule has 0 N–H and O–H groups in total. The van der Waals surface area contributed by atoms with E-state index in [9.17, 15) is 0 Å². The Balaban J connectivity index is 2.29. The molecule has 1 heterocycles. The lowest BCUT2D eigenvalue weighted by Crippen LogP contribution is -2.31. The van der Waals surface area contributed by atoms with Gasteiger partial charge in [-0.15, -0.1) is 0 Å². The van der Waals surface area contributed by atoms with Crippen molar-refractivity contribution in [2.24, 2.45) is 0 Å². The second kappa shape index (κ2) is 5.03. The van der Waals surface area contributed by atoms with Crippen LogP contribution in [0.15, 0.2) is 18.7 Å². The minimum Gasteiger partial charge on any atom is -0.299 e. The lowest BCUT2D eigenvalue weighted by molar-refractivity contribution is 0.255. The Labute approximate surface area is 103 Å². The minimum atomic E-state index is 0.906. The van der Waals surface area contributed by atoms with Crippen LogP contribution in [0.25, 0.3) is 6.08 Å². The third-order valence-electron chi connectivity index (χ3n) is 3.16. The molecule has 0 aromatic heterocycles. The van der Waals surface area contributed by atoms with Gasteiger partial charge in [-0.2, -0.15) is 0 Å². The van der Waals surface area contributed by atoms with E-state index in [2.05, 4.69) is 24.5 Å². The van der Waals surface area contributed by atoms with Crippen LogP contribution in [-0.4, -0.2) is 18.0 Å². The van der Waals surface area contributed by atoms with Crippen LogP contribution in [0, 0.1) is 0 Å². The highest BCUT2D eigenvalue weighted by Crippen LogP contribution is 2.28. The lowest BCUT2D eigenvalue weighted by Gasteiger charge is -2.29. The summed E-state index contributed by atoms with van der Waals surface area (Å²) in [6, 6.07) is 4.24. The van der Waals surface area contributed by atoms with Crippen molar-refractivity contribution in [3.8, 4) is 0 Å². The molecule has 0 amide bonds. The normalized spacial score (nSPS) is 15.9. The molecule has 0 fully saturated rings. The zero-order valence-electron chi connectivity index (χ0n) is 9.80. The Hall–Kier alpha value is -0.790. The zero-order chi connectivity index (χ0) is 11.5. The second-order valence-corrected chi connectivity index (χ2v) is 4.78. The van der Waals surface area contributed by atoms with Gasteiger partial charge in [-0.05, 0) is 42.1 Å². The number of nitrogens with zero attached hydrogens (tertiary/aromatic N) is 1. The summed E-state index contributed by atoms with van der Waals surface area (Å²) in [5, 5.41) is 0.906. The number of hydrogen-bond donors (Lipinski definition) is 0. The van der Waals surface area contributed by atoms with Gasteiger partial charge in [0, 0.05) is 18.1 Å². The van der Waals surface area contributed by atoms with E-state index in [1.54, 1.807) is 0 Å². The molecule has 1 aliphatic heterocycles. The molecule has 0 aliphatic carbocycles. The average Bonchev–Trinajstić information content (AvgIpc) is 2.29. The summed E-state index contributed by atoms with van der Waals surface area (Å²) in [6.45, 7) is 9.37. The minimum absolute atomic E-state index is 0.906. The van der Waals surface area contributed by atoms with Gasteiger partial charge in [-0.3, -0.25) is 4.90 Å². The van der Waals surface area contributed by atoms with Gasteiger partial charge in [0.25, 0.3) is 0 Å². The fourth-order valence-corrected chi connectivity index (χ4v) is 2.69. The standard InChI is InChI=1S/C14H18ClN/c1-3-6-16-7-5-13-12(10-16)8-11(4-2)9-14(13)15/h4,8-9H,2-3,5-7,10H2,1H3. The van der Waals surface area contributed by atoms with Crippen molar-refractivity contribution in [3.63, 3.8) is 0 Å². The fraction of sp³-hybridized carbons (Fsp3) is 0.429. The maximum Gasteiger partial charge on any atom is 0.0447 e. The van der Waals surface area contributed by atoms with Crippen molar-refractivity contribution >= 4 is 17.7 Å². The molecular weight excluding hydrogens is 218 g/mol. The van der Waals surface area contributed by atoms with E-state index in [1.807, 2.05) is 12.1 Å². The van der Waals surface area contributed by atoms with E-state index < -0.39 is 0 Å². The highest BCUT2D eigenvalue weighted by atomic mass is 35.5. The quantitative estimate of drug-likeness (QED) is 0.771. The van der Waals surface area contributed by atoms with Gasteiger partial charge in [0.05, 0.1) is 0 Å². The van der Waals surface area contributed by atoms with E-state index in [-0.39, 0.29) is 0 Å². The van der Waals surface area contributed by atoms with Gasteiger partial charge in [0.1, 0.15) is 0 Å². The first-order valence-electron chi connectivity index (χ1n) is 5.90. The van der Waals surface area contributed by atoms with E-state index in [0.29, 0.717) is 0 Å². The first-order valence-corrected chi connectivity index (χ1v) is 6.28. The molecule has 2 rings (SSSR count). The highest BCUT2D eigenvalue weighted by molar-refractivity contribution is 6.31. The fourth-order valence-electron chi connectivity index (χ4n) is 2.35. The molecule has 2 heteroatoms. The molecule has 0 saturated carbocycles.